The molecule has 10 nitrogen and oxygen atoms in total. The maximum absolute atomic E-state index is 14.5. The van der Waals surface area contributed by atoms with Gasteiger partial charge in [-0.1, -0.05) is 50.3 Å². The number of aliphatic hydroxyl groups excluding tert-OH is 2. The van der Waals surface area contributed by atoms with Crippen LogP contribution in [-0.2, 0) is 22.0 Å². The molecule has 1 amide bonds. The molecule has 10 heteroatoms. The first-order valence-corrected chi connectivity index (χ1v) is 20.9. The summed E-state index contributed by atoms with van der Waals surface area (Å²) in [4.78, 5) is 25.5. The van der Waals surface area contributed by atoms with Crippen LogP contribution in [0.15, 0.2) is 48.6 Å². The minimum Gasteiger partial charge on any atom is -0.392 e. The Hall–Kier alpha value is -3.25. The van der Waals surface area contributed by atoms with Gasteiger partial charge in [0.25, 0.3) is 5.91 Å². The van der Waals surface area contributed by atoms with Crippen LogP contribution in [0.5, 0.6) is 0 Å². The van der Waals surface area contributed by atoms with Crippen LogP contribution < -0.4 is 10.2 Å². The molecule has 2 bridgehead atoms. The molecular weight excluding hydrogens is 691 g/mol. The van der Waals surface area contributed by atoms with Gasteiger partial charge in [0.05, 0.1) is 17.7 Å². The Morgan fingerprint density at radius 2 is 1.85 bits per heavy atom. The number of amides is 1. The molecule has 6 N–H and O–H groups in total. The zero-order valence-electron chi connectivity index (χ0n) is 33.5. The first-order chi connectivity index (χ1) is 26.2. The van der Waals surface area contributed by atoms with Crippen LogP contribution in [0.4, 0.5) is 5.69 Å². The fourth-order valence-corrected chi connectivity index (χ4v) is 13.4. The number of H-pyrrole nitrogens is 1. The number of carbonyl (C=O) groups excluding carboxylic acids is 1. The second-order valence-electron chi connectivity index (χ2n) is 18.7. The summed E-state index contributed by atoms with van der Waals surface area (Å²) < 4.78 is 0. The normalized spacial score (nSPS) is 39.7. The number of rotatable bonds is 6. The molecule has 55 heavy (non-hydrogen) atoms. The van der Waals surface area contributed by atoms with E-state index >= 15 is 0 Å². The van der Waals surface area contributed by atoms with E-state index in [0.717, 1.165) is 80.6 Å². The number of aromatic amines is 1. The third-order valence-electron chi connectivity index (χ3n) is 15.6. The zero-order chi connectivity index (χ0) is 38.9. The number of para-hydroxylation sites is 1. The van der Waals surface area contributed by atoms with Gasteiger partial charge in [0.15, 0.2) is 5.60 Å². The van der Waals surface area contributed by atoms with Gasteiger partial charge in [-0.25, -0.2) is 0 Å². The lowest BCUT2D eigenvalue weighted by molar-refractivity contribution is -0.203. The number of nitrogens with one attached hydrogen (secondary N) is 2. The molecule has 1 spiro atoms. The Balaban J connectivity index is 1.28. The van der Waals surface area contributed by atoms with E-state index in [4.69, 9.17) is 0 Å². The van der Waals surface area contributed by atoms with E-state index in [1.165, 1.54) is 22.2 Å². The Morgan fingerprint density at radius 3 is 2.60 bits per heavy atom. The van der Waals surface area contributed by atoms with Crippen molar-refractivity contribution in [3.05, 3.63) is 76.5 Å². The summed E-state index contributed by atoms with van der Waals surface area (Å²) in [6, 6.07) is 12.5. The topological polar surface area (TPSA) is 136 Å². The number of nitrogens with zero attached hydrogens (tertiary/aromatic N) is 3. The van der Waals surface area contributed by atoms with Crippen molar-refractivity contribution in [2.75, 3.05) is 51.2 Å². The highest BCUT2D eigenvalue weighted by molar-refractivity contribution is 5.90. The van der Waals surface area contributed by atoms with Crippen LogP contribution in [0.1, 0.15) is 87.7 Å². The fourth-order valence-electron chi connectivity index (χ4n) is 13.4. The molecule has 9 rings (SSSR count). The quantitative estimate of drug-likeness (QED) is 0.209. The Bertz CT molecular complexity index is 2060. The Labute approximate surface area is 325 Å². The first kappa shape index (κ1) is 37.3. The van der Waals surface area contributed by atoms with E-state index < -0.39 is 51.6 Å². The lowest BCUT2D eigenvalue weighted by Gasteiger charge is -2.63. The molecule has 5 aliphatic heterocycles. The minimum absolute atomic E-state index is 0.0189. The van der Waals surface area contributed by atoms with E-state index in [1.807, 2.05) is 7.05 Å². The molecule has 2 aromatic carbocycles. The monoisotopic (exact) mass is 751 g/mol. The summed E-state index contributed by atoms with van der Waals surface area (Å²) >= 11 is 0. The molecule has 11 atom stereocenters. The summed E-state index contributed by atoms with van der Waals surface area (Å²) in [5.41, 5.74) is 3.37. The van der Waals surface area contributed by atoms with E-state index in [0.29, 0.717) is 13.0 Å². The number of aromatic nitrogens is 1. The van der Waals surface area contributed by atoms with Crippen LogP contribution in [-0.4, -0.2) is 123 Å². The van der Waals surface area contributed by atoms with E-state index in [-0.39, 0.29) is 18.5 Å². The zero-order valence-corrected chi connectivity index (χ0v) is 33.5. The van der Waals surface area contributed by atoms with Crippen LogP contribution in [0.2, 0.25) is 0 Å². The smallest absolute Gasteiger partial charge is 0.257 e. The first-order valence-electron chi connectivity index (χ1n) is 20.9. The van der Waals surface area contributed by atoms with Crippen LogP contribution in [0, 0.1) is 18.3 Å². The van der Waals surface area contributed by atoms with Crippen molar-refractivity contribution in [2.45, 2.75) is 119 Å². The number of aliphatic hydroxyl groups is 4. The number of piperidine rings is 1. The van der Waals surface area contributed by atoms with Crippen molar-refractivity contribution in [3.8, 4) is 0 Å². The molecule has 1 saturated carbocycles. The fraction of sp³-hybridized carbons (Fsp3) is 0.622. The standard InChI is InChI=1S/C45H61N5O5/c1-7-42(54)23-29-22-41(5,36-31(14-18-49(25-29)26-42)30-12-9-10-13-34(30)47-36)32-21-33-35(20-27(32)3)48(6)38-44(33)16-19-50-17-11-15-43(8-2,37(44)50)39(52)45(38,55)40(53)46-24-28(4)51/h9-13,15,20-21,28-29,37-39,47,51-52,54-55H,7-8,14,16-19,22-26H2,1-6H3,(H,46,53)/t28-,29-,37?,38?,39+,41+,42?,43+,44?,45-/m0/s1. The average Bonchev–Trinajstić information content (AvgIpc) is 3.82. The maximum atomic E-state index is 14.5. The number of anilines is 1. The molecular formula is C45H61N5O5. The third kappa shape index (κ3) is 4.97. The number of aryl methyl sites for hydroxylation is 1. The lowest BCUT2D eigenvalue weighted by Crippen LogP contribution is -2.81. The van der Waals surface area contributed by atoms with Gasteiger partial charge in [0, 0.05) is 84.3 Å². The Morgan fingerprint density at radius 1 is 1.07 bits per heavy atom. The highest BCUT2D eigenvalue weighted by atomic mass is 16.4. The van der Waals surface area contributed by atoms with E-state index in [2.05, 4.69) is 101 Å². The summed E-state index contributed by atoms with van der Waals surface area (Å²) in [7, 11) is 1.98. The number of hydrogen-bond acceptors (Lipinski definition) is 8. The molecule has 3 fully saturated rings. The predicted octanol–water partition coefficient (Wildman–Crippen LogP) is 3.89. The SMILES string of the molecule is CCC1(O)C[C@H]2CN(CCc3c([nH]c4ccccc34)[C@@](C)(c3cc4c(cc3C)N(C)C3C45CCN4CC=C[C@](CC)(C45)[C@@H](O)[C@]3(O)C(=O)NC[C@H](C)O)C2)C1. The van der Waals surface area contributed by atoms with Gasteiger partial charge in [-0.05, 0) is 106 Å². The van der Waals surface area contributed by atoms with Gasteiger partial charge < -0.3 is 35.6 Å². The third-order valence-corrected chi connectivity index (χ3v) is 15.6. The number of benzene rings is 2. The molecule has 0 radical (unpaired) electrons. The largest absolute Gasteiger partial charge is 0.392 e. The lowest BCUT2D eigenvalue weighted by atomic mass is 9.47. The molecule has 6 heterocycles. The van der Waals surface area contributed by atoms with Crippen molar-refractivity contribution < 1.29 is 25.2 Å². The molecule has 2 saturated heterocycles. The molecule has 1 aromatic heterocycles. The highest BCUT2D eigenvalue weighted by Crippen LogP contribution is 2.67. The molecule has 6 aliphatic rings. The van der Waals surface area contributed by atoms with Crippen molar-refractivity contribution in [1.82, 2.24) is 20.1 Å². The molecule has 3 aromatic rings. The minimum atomic E-state index is -2.16. The number of likely N-dealkylation sites (N-methyl/N-ethyl adjacent to an activating group) is 1. The van der Waals surface area contributed by atoms with E-state index in [1.54, 1.807) is 6.92 Å². The van der Waals surface area contributed by atoms with Crippen molar-refractivity contribution in [3.63, 3.8) is 0 Å². The van der Waals surface area contributed by atoms with Gasteiger partial charge in [0.2, 0.25) is 0 Å². The van der Waals surface area contributed by atoms with Crippen LogP contribution >= 0.6 is 0 Å². The highest BCUT2D eigenvalue weighted by Gasteiger charge is 2.78. The molecule has 1 aliphatic carbocycles. The van der Waals surface area contributed by atoms with Gasteiger partial charge in [0.1, 0.15) is 6.10 Å². The number of carbonyl (C=O) groups is 1. The number of fused-ring (bicyclic) bond motifs is 6. The van der Waals surface area contributed by atoms with Crippen molar-refractivity contribution >= 4 is 22.5 Å². The Kier molecular flexibility index (Phi) is 8.57. The van der Waals surface area contributed by atoms with Gasteiger partial charge >= 0.3 is 0 Å². The van der Waals surface area contributed by atoms with E-state index in [9.17, 15) is 25.2 Å². The van der Waals surface area contributed by atoms with Crippen LogP contribution in [0.25, 0.3) is 10.9 Å². The average molecular weight is 752 g/mol. The van der Waals surface area contributed by atoms with Crippen molar-refractivity contribution in [1.29, 1.82) is 0 Å². The predicted molar refractivity (Wildman–Crippen MR) is 215 cm³/mol. The summed E-state index contributed by atoms with van der Waals surface area (Å²) in [5, 5.41) is 51.9. The molecule has 296 valence electrons. The van der Waals surface area contributed by atoms with Gasteiger partial charge in [-0.3, -0.25) is 14.6 Å². The van der Waals surface area contributed by atoms with Crippen molar-refractivity contribution in [2.24, 2.45) is 11.3 Å². The maximum Gasteiger partial charge on any atom is 0.257 e. The van der Waals surface area contributed by atoms with Crippen LogP contribution in [0.3, 0.4) is 0 Å². The van der Waals surface area contributed by atoms with Gasteiger partial charge in [-0.2, -0.15) is 0 Å². The number of hydrogen-bond donors (Lipinski definition) is 6. The summed E-state index contributed by atoms with van der Waals surface area (Å²) in [5.74, 6) is -0.366. The molecule has 5 unspecified atom stereocenters. The second kappa shape index (κ2) is 12.6. The summed E-state index contributed by atoms with van der Waals surface area (Å²) in [6.07, 6.45) is 6.56. The second-order valence-corrected chi connectivity index (χ2v) is 18.7. The summed E-state index contributed by atoms with van der Waals surface area (Å²) in [6.45, 7) is 14.5. The van der Waals surface area contributed by atoms with Gasteiger partial charge in [-0.15, -0.1) is 0 Å².